The van der Waals surface area contributed by atoms with Gasteiger partial charge in [0, 0.05) is 6.54 Å². The van der Waals surface area contributed by atoms with E-state index >= 15 is 0 Å². The Morgan fingerprint density at radius 1 is 1.50 bits per heavy atom. The lowest BCUT2D eigenvalue weighted by molar-refractivity contribution is -0.138. The van der Waals surface area contributed by atoms with Gasteiger partial charge in [-0.05, 0) is 20.8 Å². The zero-order valence-corrected chi connectivity index (χ0v) is 10.7. The van der Waals surface area contributed by atoms with Gasteiger partial charge in [-0.2, -0.15) is 0 Å². The quantitative estimate of drug-likeness (QED) is 0.737. The highest BCUT2D eigenvalue weighted by Gasteiger charge is 2.31. The maximum absolute atomic E-state index is 11.8. The van der Waals surface area contributed by atoms with Crippen molar-refractivity contribution >= 4 is 18.0 Å². The minimum absolute atomic E-state index is 0.106. The smallest absolute Gasteiger partial charge is 0.410 e. The largest absolute Gasteiger partial charge is 0.481 e. The van der Waals surface area contributed by atoms with E-state index in [2.05, 4.69) is 5.32 Å². The van der Waals surface area contributed by atoms with Crippen molar-refractivity contribution in [3.05, 3.63) is 0 Å². The molecule has 0 aliphatic carbocycles. The third kappa shape index (κ3) is 4.60. The van der Waals surface area contributed by atoms with Crippen molar-refractivity contribution in [2.45, 2.75) is 38.8 Å². The summed E-state index contributed by atoms with van der Waals surface area (Å²) in [6.07, 6.45) is -0.821. The molecule has 1 heterocycles. The van der Waals surface area contributed by atoms with E-state index in [0.717, 1.165) is 0 Å². The summed E-state index contributed by atoms with van der Waals surface area (Å²) in [6, 6.07) is -0.573. The summed E-state index contributed by atoms with van der Waals surface area (Å²) in [5, 5.41) is 11.2. The monoisotopic (exact) mass is 258 g/mol. The molecule has 1 aliphatic heterocycles. The third-order valence-corrected chi connectivity index (χ3v) is 2.21. The van der Waals surface area contributed by atoms with Crippen molar-refractivity contribution in [1.29, 1.82) is 0 Å². The third-order valence-electron chi connectivity index (χ3n) is 2.21. The van der Waals surface area contributed by atoms with Gasteiger partial charge in [-0.25, -0.2) is 4.79 Å². The van der Waals surface area contributed by atoms with Crippen LogP contribution in [-0.4, -0.2) is 52.7 Å². The van der Waals surface area contributed by atoms with Crippen LogP contribution in [0.25, 0.3) is 0 Å². The predicted octanol–water partition coefficient (Wildman–Crippen LogP) is 0.197. The number of nitrogens with one attached hydrogen (secondary N) is 1. The Morgan fingerprint density at radius 3 is 2.61 bits per heavy atom. The summed E-state index contributed by atoms with van der Waals surface area (Å²) < 4.78 is 5.14. The second-order valence-electron chi connectivity index (χ2n) is 5.22. The Hall–Kier alpha value is -1.79. The molecule has 1 atom stereocenters. The van der Waals surface area contributed by atoms with Crippen LogP contribution in [0, 0.1) is 0 Å². The number of piperazine rings is 1. The zero-order chi connectivity index (χ0) is 13.9. The molecule has 0 aromatic carbocycles. The first kappa shape index (κ1) is 14.3. The van der Waals surface area contributed by atoms with Gasteiger partial charge < -0.3 is 15.2 Å². The van der Waals surface area contributed by atoms with Crippen LogP contribution in [0.1, 0.15) is 27.2 Å². The first-order chi connectivity index (χ1) is 8.17. The van der Waals surface area contributed by atoms with Gasteiger partial charge in [0.2, 0.25) is 5.91 Å². The van der Waals surface area contributed by atoms with Crippen LogP contribution < -0.4 is 5.32 Å². The lowest BCUT2D eigenvalue weighted by atomic mass is 10.1. The van der Waals surface area contributed by atoms with Gasteiger partial charge in [0.15, 0.2) is 0 Å². The minimum Gasteiger partial charge on any atom is -0.481 e. The van der Waals surface area contributed by atoms with Crippen LogP contribution >= 0.6 is 0 Å². The van der Waals surface area contributed by atoms with Crippen molar-refractivity contribution in [3.63, 3.8) is 0 Å². The fourth-order valence-corrected chi connectivity index (χ4v) is 1.61. The maximum atomic E-state index is 11.8. The van der Waals surface area contributed by atoms with Crippen molar-refractivity contribution in [2.75, 3.05) is 13.1 Å². The summed E-state index contributed by atoms with van der Waals surface area (Å²) >= 11 is 0. The van der Waals surface area contributed by atoms with E-state index in [0.29, 0.717) is 0 Å². The Bertz CT molecular complexity index is 359. The number of nitrogens with zero attached hydrogens (tertiary/aromatic N) is 1. The minimum atomic E-state index is -1.02. The number of hydrogen-bond acceptors (Lipinski definition) is 4. The van der Waals surface area contributed by atoms with E-state index in [1.54, 1.807) is 20.8 Å². The fraction of sp³-hybridized carbons (Fsp3) is 0.727. The molecule has 7 nitrogen and oxygen atoms in total. The van der Waals surface area contributed by atoms with E-state index in [9.17, 15) is 14.4 Å². The molecule has 0 saturated carbocycles. The van der Waals surface area contributed by atoms with Crippen molar-refractivity contribution in [2.24, 2.45) is 0 Å². The highest BCUT2D eigenvalue weighted by Crippen LogP contribution is 2.12. The molecule has 0 aromatic heterocycles. The molecular weight excluding hydrogens is 240 g/mol. The maximum Gasteiger partial charge on any atom is 0.410 e. The first-order valence-corrected chi connectivity index (χ1v) is 5.66. The summed E-state index contributed by atoms with van der Waals surface area (Å²) in [4.78, 5) is 35.0. The van der Waals surface area contributed by atoms with Crippen LogP contribution in [0.4, 0.5) is 4.79 Å². The summed E-state index contributed by atoms with van der Waals surface area (Å²) in [7, 11) is 0. The number of aliphatic carboxylic acids is 1. The van der Waals surface area contributed by atoms with Crippen molar-refractivity contribution in [1.82, 2.24) is 10.2 Å². The Morgan fingerprint density at radius 2 is 2.11 bits per heavy atom. The topological polar surface area (TPSA) is 95.9 Å². The molecule has 7 heteroatoms. The van der Waals surface area contributed by atoms with Gasteiger partial charge in [0.1, 0.15) is 12.1 Å². The number of rotatable bonds is 2. The number of hydrogen-bond donors (Lipinski definition) is 2. The van der Waals surface area contributed by atoms with Gasteiger partial charge in [0.25, 0.3) is 0 Å². The normalized spacial score (nSPS) is 20.3. The van der Waals surface area contributed by atoms with Gasteiger partial charge in [-0.15, -0.1) is 0 Å². The molecule has 0 aromatic rings. The lowest BCUT2D eigenvalue weighted by Crippen LogP contribution is -2.57. The van der Waals surface area contributed by atoms with E-state index in [4.69, 9.17) is 9.84 Å². The standard InChI is InChI=1S/C11H18N2O5/c1-11(2,3)18-10(17)13-5-7(4-9(15)16)12-8(14)6-13/h7H,4-6H2,1-3H3,(H,12,14)(H,15,16). The molecule has 2 N–H and O–H groups in total. The molecule has 102 valence electrons. The van der Waals surface area contributed by atoms with E-state index in [1.807, 2.05) is 0 Å². The molecule has 1 unspecified atom stereocenters. The van der Waals surface area contributed by atoms with E-state index in [1.165, 1.54) is 4.90 Å². The van der Waals surface area contributed by atoms with Crippen LogP contribution in [0.3, 0.4) is 0 Å². The molecule has 0 radical (unpaired) electrons. The van der Waals surface area contributed by atoms with Crippen LogP contribution in [0.5, 0.6) is 0 Å². The number of carboxylic acids is 1. The number of carbonyl (C=O) groups is 3. The molecule has 0 bridgehead atoms. The van der Waals surface area contributed by atoms with E-state index in [-0.39, 0.29) is 25.4 Å². The molecule has 1 saturated heterocycles. The second-order valence-corrected chi connectivity index (χ2v) is 5.22. The molecule has 2 amide bonds. The fourth-order valence-electron chi connectivity index (χ4n) is 1.61. The van der Waals surface area contributed by atoms with Crippen LogP contribution in [0.15, 0.2) is 0 Å². The number of carbonyl (C=O) groups excluding carboxylic acids is 2. The highest BCUT2D eigenvalue weighted by atomic mass is 16.6. The van der Waals surface area contributed by atoms with Gasteiger partial charge in [0.05, 0.1) is 12.5 Å². The average Bonchev–Trinajstić information content (AvgIpc) is 2.12. The van der Waals surface area contributed by atoms with Crippen LogP contribution in [-0.2, 0) is 14.3 Å². The highest BCUT2D eigenvalue weighted by molar-refractivity contribution is 5.84. The van der Waals surface area contributed by atoms with Gasteiger partial charge >= 0.3 is 12.1 Å². The SMILES string of the molecule is CC(C)(C)OC(=O)N1CC(=O)NC(CC(=O)O)C1. The summed E-state index contributed by atoms with van der Waals surface area (Å²) in [6.45, 7) is 5.22. The second kappa shape index (κ2) is 5.24. The first-order valence-electron chi connectivity index (χ1n) is 5.66. The number of ether oxygens (including phenoxy) is 1. The van der Waals surface area contributed by atoms with E-state index < -0.39 is 23.7 Å². The summed E-state index contributed by atoms with van der Waals surface area (Å²) in [5.74, 6) is -1.40. The molecule has 1 aliphatic rings. The lowest BCUT2D eigenvalue weighted by Gasteiger charge is -2.33. The average molecular weight is 258 g/mol. The van der Waals surface area contributed by atoms with Gasteiger partial charge in [-0.1, -0.05) is 0 Å². The molecular formula is C11H18N2O5. The van der Waals surface area contributed by atoms with Crippen molar-refractivity contribution < 1.29 is 24.2 Å². The Balaban J connectivity index is 2.63. The van der Waals surface area contributed by atoms with Crippen LogP contribution in [0.2, 0.25) is 0 Å². The van der Waals surface area contributed by atoms with Crippen molar-refractivity contribution in [3.8, 4) is 0 Å². The number of carboxylic acid groups (broad SMARTS) is 1. The zero-order valence-electron chi connectivity index (χ0n) is 10.7. The van der Waals surface area contributed by atoms with Gasteiger partial charge in [-0.3, -0.25) is 14.5 Å². The Labute approximate surface area is 105 Å². The molecule has 1 fully saturated rings. The predicted molar refractivity (Wildman–Crippen MR) is 62.0 cm³/mol. The molecule has 18 heavy (non-hydrogen) atoms. The molecule has 1 rings (SSSR count). The molecule has 0 spiro atoms. The number of amides is 2. The Kier molecular flexibility index (Phi) is 4.15. The summed E-state index contributed by atoms with van der Waals surface area (Å²) in [5.41, 5.74) is -0.646.